The van der Waals surface area contributed by atoms with Crippen LogP contribution in [-0.4, -0.2) is 20.4 Å². The third-order valence-corrected chi connectivity index (χ3v) is 4.59. The minimum absolute atomic E-state index is 0.0217. The second-order valence-corrected chi connectivity index (χ2v) is 6.50. The van der Waals surface area contributed by atoms with Crippen molar-refractivity contribution in [2.75, 3.05) is 17.1 Å². The van der Waals surface area contributed by atoms with Gasteiger partial charge in [0.25, 0.3) is 10.0 Å². The van der Waals surface area contributed by atoms with Crippen LogP contribution >= 0.6 is 11.6 Å². The molecule has 0 radical (unpaired) electrons. The van der Waals surface area contributed by atoms with Crippen molar-refractivity contribution in [1.29, 1.82) is 0 Å². The van der Waals surface area contributed by atoms with Gasteiger partial charge < -0.3 is 5.32 Å². The van der Waals surface area contributed by atoms with Crippen LogP contribution in [0, 0.1) is 0 Å². The summed E-state index contributed by atoms with van der Waals surface area (Å²) >= 11 is 5.97. The van der Waals surface area contributed by atoms with Crippen molar-refractivity contribution < 1.29 is 8.42 Å². The van der Waals surface area contributed by atoms with E-state index in [1.807, 2.05) is 19.1 Å². The van der Waals surface area contributed by atoms with Crippen LogP contribution in [0.3, 0.4) is 0 Å². The first-order chi connectivity index (χ1) is 9.96. The summed E-state index contributed by atoms with van der Waals surface area (Å²) in [6, 6.07) is 8.62. The van der Waals surface area contributed by atoms with Crippen LogP contribution in [0.1, 0.15) is 12.5 Å². The second kappa shape index (κ2) is 6.32. The van der Waals surface area contributed by atoms with E-state index < -0.39 is 10.0 Å². The summed E-state index contributed by atoms with van der Waals surface area (Å²) in [5, 5.41) is 3.03. The zero-order valence-corrected chi connectivity index (χ0v) is 13.3. The van der Waals surface area contributed by atoms with Gasteiger partial charge in [0.15, 0.2) is 0 Å². The van der Waals surface area contributed by atoms with Gasteiger partial charge in [0.2, 0.25) is 0 Å². The van der Waals surface area contributed by atoms with Gasteiger partial charge in [-0.2, -0.15) is 0 Å². The van der Waals surface area contributed by atoms with E-state index in [1.165, 1.54) is 12.3 Å². The maximum atomic E-state index is 12.3. The summed E-state index contributed by atoms with van der Waals surface area (Å²) in [5.74, 6) is 0.434. The molecule has 1 heterocycles. The lowest BCUT2D eigenvalue weighted by Gasteiger charge is -2.10. The summed E-state index contributed by atoms with van der Waals surface area (Å²) in [6.07, 6.45) is 2.10. The van der Waals surface area contributed by atoms with Gasteiger partial charge >= 0.3 is 0 Å². The van der Waals surface area contributed by atoms with E-state index in [-0.39, 0.29) is 9.92 Å². The molecule has 0 bridgehead atoms. The fourth-order valence-corrected chi connectivity index (χ4v) is 3.17. The number of nitrogens with one attached hydrogen (secondary N) is 2. The molecule has 0 unspecified atom stereocenters. The summed E-state index contributed by atoms with van der Waals surface area (Å²) in [5.41, 5.74) is 1.57. The predicted molar refractivity (Wildman–Crippen MR) is 85.4 cm³/mol. The minimum atomic E-state index is -3.71. The van der Waals surface area contributed by atoms with Crippen molar-refractivity contribution in [1.82, 2.24) is 4.98 Å². The number of rotatable bonds is 5. The number of nitrogens with zero attached hydrogens (tertiary/aromatic N) is 1. The molecule has 0 atom stereocenters. The molecule has 0 aliphatic heterocycles. The van der Waals surface area contributed by atoms with Gasteiger partial charge in [0.1, 0.15) is 10.7 Å². The van der Waals surface area contributed by atoms with E-state index >= 15 is 0 Å². The van der Waals surface area contributed by atoms with Crippen molar-refractivity contribution in [3.8, 4) is 0 Å². The highest BCUT2D eigenvalue weighted by Crippen LogP contribution is 2.23. The highest BCUT2D eigenvalue weighted by molar-refractivity contribution is 7.92. The molecule has 0 saturated carbocycles. The Morgan fingerprint density at radius 3 is 2.67 bits per heavy atom. The number of anilines is 2. The van der Waals surface area contributed by atoms with Gasteiger partial charge in [0, 0.05) is 18.9 Å². The van der Waals surface area contributed by atoms with E-state index in [0.717, 1.165) is 12.0 Å². The number of aromatic nitrogens is 1. The van der Waals surface area contributed by atoms with Crippen molar-refractivity contribution in [2.45, 2.75) is 18.2 Å². The Morgan fingerprint density at radius 2 is 2.05 bits per heavy atom. The van der Waals surface area contributed by atoms with Crippen molar-refractivity contribution >= 4 is 33.1 Å². The molecule has 2 aromatic rings. The van der Waals surface area contributed by atoms with Crippen molar-refractivity contribution in [2.24, 2.45) is 0 Å². The van der Waals surface area contributed by atoms with Gasteiger partial charge in [-0.05, 0) is 30.2 Å². The number of aryl methyl sites for hydroxylation is 1. The van der Waals surface area contributed by atoms with E-state index in [9.17, 15) is 8.42 Å². The number of hydrogen-bond acceptors (Lipinski definition) is 4. The van der Waals surface area contributed by atoms with Crippen LogP contribution in [0.15, 0.2) is 41.4 Å². The largest absolute Gasteiger partial charge is 0.372 e. The van der Waals surface area contributed by atoms with E-state index in [4.69, 9.17) is 11.6 Å². The molecule has 1 aromatic carbocycles. The van der Waals surface area contributed by atoms with Crippen LogP contribution in [0.5, 0.6) is 0 Å². The molecule has 5 nitrogen and oxygen atoms in total. The van der Waals surface area contributed by atoms with E-state index in [1.54, 1.807) is 19.2 Å². The second-order valence-electron chi connectivity index (χ2n) is 4.41. The normalized spacial score (nSPS) is 11.2. The zero-order chi connectivity index (χ0) is 15.5. The molecular weight excluding hydrogens is 310 g/mol. The Morgan fingerprint density at radius 1 is 1.29 bits per heavy atom. The lowest BCUT2D eigenvalue weighted by atomic mass is 10.1. The Hall–Kier alpha value is -1.79. The molecule has 112 valence electrons. The summed E-state index contributed by atoms with van der Waals surface area (Å²) < 4.78 is 27.2. The SMILES string of the molecule is CCc1cccc(NS(=O)(=O)c2cnc(NC)c(Cl)c2)c1. The van der Waals surface area contributed by atoms with Crippen molar-refractivity contribution in [3.63, 3.8) is 0 Å². The molecule has 2 N–H and O–H groups in total. The molecule has 1 aromatic heterocycles. The lowest BCUT2D eigenvalue weighted by Crippen LogP contribution is -2.13. The highest BCUT2D eigenvalue weighted by atomic mass is 35.5. The molecule has 0 aliphatic rings. The Bertz CT molecular complexity index is 748. The van der Waals surface area contributed by atoms with Crippen LogP contribution in [0.4, 0.5) is 11.5 Å². The first-order valence-corrected chi connectivity index (χ1v) is 8.27. The molecule has 21 heavy (non-hydrogen) atoms. The molecule has 2 rings (SSSR count). The number of benzene rings is 1. The Balaban J connectivity index is 2.31. The molecular formula is C14H16ClN3O2S. The minimum Gasteiger partial charge on any atom is -0.372 e. The summed E-state index contributed by atoms with van der Waals surface area (Å²) in [7, 11) is -2.05. The predicted octanol–water partition coefficient (Wildman–Crippen LogP) is 3.14. The summed E-state index contributed by atoms with van der Waals surface area (Å²) in [6.45, 7) is 2.01. The van der Waals surface area contributed by atoms with Gasteiger partial charge in [-0.15, -0.1) is 0 Å². The lowest BCUT2D eigenvalue weighted by molar-refractivity contribution is 0.601. The smallest absolute Gasteiger partial charge is 0.263 e. The molecule has 0 spiro atoms. The first kappa shape index (κ1) is 15.6. The Kier molecular flexibility index (Phi) is 4.69. The standard InChI is InChI=1S/C14H16ClN3O2S/c1-3-10-5-4-6-11(7-10)18-21(19,20)12-8-13(15)14(16-2)17-9-12/h4-9,18H,3H2,1-2H3,(H,16,17). The molecule has 0 saturated heterocycles. The van der Waals surface area contributed by atoms with Gasteiger partial charge in [-0.3, -0.25) is 4.72 Å². The van der Waals surface area contributed by atoms with Gasteiger partial charge in [-0.1, -0.05) is 30.7 Å². The van der Waals surface area contributed by atoms with Crippen LogP contribution in [-0.2, 0) is 16.4 Å². The number of pyridine rings is 1. The highest BCUT2D eigenvalue weighted by Gasteiger charge is 2.16. The average Bonchev–Trinajstić information content (AvgIpc) is 2.47. The monoisotopic (exact) mass is 325 g/mol. The fourth-order valence-electron chi connectivity index (χ4n) is 1.82. The van der Waals surface area contributed by atoms with Gasteiger partial charge in [0.05, 0.1) is 5.02 Å². The van der Waals surface area contributed by atoms with E-state index in [2.05, 4.69) is 15.0 Å². The number of halogens is 1. The van der Waals surface area contributed by atoms with Crippen LogP contribution in [0.2, 0.25) is 5.02 Å². The van der Waals surface area contributed by atoms with Crippen molar-refractivity contribution in [3.05, 3.63) is 47.1 Å². The first-order valence-electron chi connectivity index (χ1n) is 6.41. The molecule has 0 amide bonds. The Labute approximate surface area is 129 Å². The van der Waals surface area contributed by atoms with Crippen LogP contribution in [0.25, 0.3) is 0 Å². The molecule has 7 heteroatoms. The maximum Gasteiger partial charge on any atom is 0.263 e. The van der Waals surface area contributed by atoms with E-state index in [0.29, 0.717) is 11.5 Å². The third kappa shape index (κ3) is 3.65. The van der Waals surface area contributed by atoms with Gasteiger partial charge in [-0.25, -0.2) is 13.4 Å². The maximum absolute atomic E-state index is 12.3. The molecule has 0 fully saturated rings. The quantitative estimate of drug-likeness (QED) is 0.886. The number of hydrogen-bond donors (Lipinski definition) is 2. The molecule has 0 aliphatic carbocycles. The number of sulfonamides is 1. The average molecular weight is 326 g/mol. The zero-order valence-electron chi connectivity index (χ0n) is 11.7. The fraction of sp³-hybridized carbons (Fsp3) is 0.214. The van der Waals surface area contributed by atoms with Crippen LogP contribution < -0.4 is 10.0 Å². The summed E-state index contributed by atoms with van der Waals surface area (Å²) in [4.78, 5) is 4.00. The third-order valence-electron chi connectivity index (χ3n) is 2.95. The topological polar surface area (TPSA) is 71.1 Å².